The van der Waals surface area contributed by atoms with Gasteiger partial charge in [0.2, 0.25) is 0 Å². The Kier molecular flexibility index (Phi) is 6.39. The smallest absolute Gasteiger partial charge is 0.413 e. The van der Waals surface area contributed by atoms with Gasteiger partial charge in [-0.2, -0.15) is 0 Å². The number of benzene rings is 1. The summed E-state index contributed by atoms with van der Waals surface area (Å²) in [6, 6.07) is 6.98. The van der Waals surface area contributed by atoms with Gasteiger partial charge in [0.1, 0.15) is 5.75 Å². The summed E-state index contributed by atoms with van der Waals surface area (Å²) in [6.07, 6.45) is -0.881. The van der Waals surface area contributed by atoms with Crippen molar-refractivity contribution in [3.05, 3.63) is 30.3 Å². The molecule has 1 rings (SSSR count). The minimum Gasteiger partial charge on any atom is -0.464 e. The fourth-order valence-electron chi connectivity index (χ4n) is 1.55. The summed E-state index contributed by atoms with van der Waals surface area (Å²) < 4.78 is 9.79. The molecule has 0 fully saturated rings. The van der Waals surface area contributed by atoms with Crippen molar-refractivity contribution in [3.63, 3.8) is 0 Å². The SMILES string of the molecule is CCOC(=O)C(NC(=O)Oc1ccccc1)C(=O)C(C)C. The van der Waals surface area contributed by atoms with Crippen molar-refractivity contribution in [3.8, 4) is 5.75 Å². The molecule has 0 aliphatic heterocycles. The first-order valence-corrected chi connectivity index (χ1v) is 6.69. The number of esters is 1. The van der Waals surface area contributed by atoms with Crippen LogP contribution in [0, 0.1) is 5.92 Å². The minimum atomic E-state index is -1.36. The zero-order valence-electron chi connectivity index (χ0n) is 12.3. The predicted molar refractivity (Wildman–Crippen MR) is 75.9 cm³/mol. The van der Waals surface area contributed by atoms with E-state index in [0.29, 0.717) is 5.75 Å². The van der Waals surface area contributed by atoms with Crippen molar-refractivity contribution in [1.29, 1.82) is 0 Å². The topological polar surface area (TPSA) is 81.7 Å². The van der Waals surface area contributed by atoms with Crippen LogP contribution >= 0.6 is 0 Å². The number of amides is 1. The fraction of sp³-hybridized carbons (Fsp3) is 0.400. The third-order valence-corrected chi connectivity index (χ3v) is 2.59. The fourth-order valence-corrected chi connectivity index (χ4v) is 1.55. The van der Waals surface area contributed by atoms with Crippen molar-refractivity contribution in [2.24, 2.45) is 5.92 Å². The van der Waals surface area contributed by atoms with E-state index in [1.54, 1.807) is 51.1 Å². The number of Topliss-reactive ketones (excluding diaryl/α,β-unsaturated/α-hetero) is 1. The largest absolute Gasteiger partial charge is 0.464 e. The summed E-state index contributed by atoms with van der Waals surface area (Å²) in [6.45, 7) is 5.02. The lowest BCUT2D eigenvalue weighted by atomic mass is 10.0. The van der Waals surface area contributed by atoms with Crippen molar-refractivity contribution in [2.45, 2.75) is 26.8 Å². The summed E-state index contributed by atoms with van der Waals surface area (Å²) in [5.74, 6) is -1.33. The number of nitrogens with one attached hydrogen (secondary N) is 1. The molecule has 0 bridgehead atoms. The number of para-hydroxylation sites is 1. The van der Waals surface area contributed by atoms with E-state index in [1.165, 1.54) is 0 Å². The lowest BCUT2D eigenvalue weighted by Crippen LogP contribution is -2.49. The summed E-state index contributed by atoms with van der Waals surface area (Å²) in [5, 5.41) is 2.25. The molecule has 0 spiro atoms. The second-order valence-electron chi connectivity index (χ2n) is 4.59. The third kappa shape index (κ3) is 5.25. The van der Waals surface area contributed by atoms with Crippen LogP contribution in [0.2, 0.25) is 0 Å². The van der Waals surface area contributed by atoms with Crippen LogP contribution < -0.4 is 10.1 Å². The van der Waals surface area contributed by atoms with Gasteiger partial charge in [0.05, 0.1) is 6.61 Å². The Morgan fingerprint density at radius 3 is 2.29 bits per heavy atom. The molecule has 6 heteroatoms. The maximum absolute atomic E-state index is 12.0. The first-order chi connectivity index (χ1) is 9.95. The van der Waals surface area contributed by atoms with Crippen LogP contribution in [0.3, 0.4) is 0 Å². The van der Waals surface area contributed by atoms with E-state index >= 15 is 0 Å². The maximum atomic E-state index is 12.0. The molecule has 114 valence electrons. The Morgan fingerprint density at radius 1 is 1.14 bits per heavy atom. The second-order valence-corrected chi connectivity index (χ2v) is 4.59. The van der Waals surface area contributed by atoms with Crippen LogP contribution in [0.4, 0.5) is 4.79 Å². The summed E-state index contributed by atoms with van der Waals surface area (Å²) in [4.78, 5) is 35.5. The molecule has 1 aromatic rings. The minimum absolute atomic E-state index is 0.121. The van der Waals surface area contributed by atoms with Gasteiger partial charge in [0, 0.05) is 5.92 Å². The molecule has 0 aromatic heterocycles. The Hall–Kier alpha value is -2.37. The average Bonchev–Trinajstić information content (AvgIpc) is 2.45. The van der Waals surface area contributed by atoms with Crippen LogP contribution in [-0.4, -0.2) is 30.5 Å². The lowest BCUT2D eigenvalue weighted by Gasteiger charge is -2.17. The number of ketones is 1. The summed E-state index contributed by atoms with van der Waals surface area (Å²) >= 11 is 0. The standard InChI is InChI=1S/C15H19NO5/c1-4-20-14(18)12(13(17)10(2)3)16-15(19)21-11-8-6-5-7-9-11/h5-10,12H,4H2,1-3H3,(H,16,19). The first-order valence-electron chi connectivity index (χ1n) is 6.69. The Labute approximate surface area is 123 Å². The normalized spacial score (nSPS) is 11.6. The zero-order valence-corrected chi connectivity index (χ0v) is 12.3. The highest BCUT2D eigenvalue weighted by Crippen LogP contribution is 2.09. The van der Waals surface area contributed by atoms with E-state index < -0.39 is 29.8 Å². The highest BCUT2D eigenvalue weighted by molar-refractivity contribution is 6.06. The maximum Gasteiger partial charge on any atom is 0.413 e. The molecule has 0 aliphatic rings. The third-order valence-electron chi connectivity index (χ3n) is 2.59. The summed E-state index contributed by atoms with van der Waals surface area (Å²) in [5.41, 5.74) is 0. The van der Waals surface area contributed by atoms with Crippen LogP contribution in [0.15, 0.2) is 30.3 Å². The van der Waals surface area contributed by atoms with Crippen molar-refractivity contribution in [1.82, 2.24) is 5.32 Å². The Balaban J connectivity index is 2.74. The number of carbonyl (C=O) groups excluding carboxylic acids is 3. The van der Waals surface area contributed by atoms with Gasteiger partial charge in [-0.3, -0.25) is 4.79 Å². The van der Waals surface area contributed by atoms with Crippen LogP contribution in [0.5, 0.6) is 5.75 Å². The highest BCUT2D eigenvalue weighted by atomic mass is 16.6. The molecule has 0 aliphatic carbocycles. The predicted octanol–water partition coefficient (Wildman–Crippen LogP) is 1.93. The van der Waals surface area contributed by atoms with E-state index in [9.17, 15) is 14.4 Å². The van der Waals surface area contributed by atoms with Crippen LogP contribution in [0.25, 0.3) is 0 Å². The van der Waals surface area contributed by atoms with E-state index in [4.69, 9.17) is 9.47 Å². The lowest BCUT2D eigenvalue weighted by molar-refractivity contribution is -0.149. The van der Waals surface area contributed by atoms with Gasteiger partial charge in [-0.15, -0.1) is 0 Å². The molecule has 0 saturated heterocycles. The molecule has 0 saturated carbocycles. The van der Waals surface area contributed by atoms with Gasteiger partial charge in [0.15, 0.2) is 11.8 Å². The molecule has 21 heavy (non-hydrogen) atoms. The zero-order chi connectivity index (χ0) is 15.8. The van der Waals surface area contributed by atoms with E-state index in [1.807, 2.05) is 0 Å². The van der Waals surface area contributed by atoms with Crippen molar-refractivity contribution >= 4 is 17.8 Å². The molecule has 1 unspecified atom stereocenters. The van der Waals surface area contributed by atoms with Crippen molar-refractivity contribution in [2.75, 3.05) is 6.61 Å². The van der Waals surface area contributed by atoms with Gasteiger partial charge in [-0.05, 0) is 19.1 Å². The van der Waals surface area contributed by atoms with Crippen molar-refractivity contribution < 1.29 is 23.9 Å². The second kappa shape index (κ2) is 8.04. The molecular weight excluding hydrogens is 274 g/mol. The highest BCUT2D eigenvalue weighted by Gasteiger charge is 2.31. The monoisotopic (exact) mass is 293 g/mol. The number of hydrogen-bond donors (Lipinski definition) is 1. The molecule has 1 aromatic carbocycles. The molecule has 6 nitrogen and oxygen atoms in total. The number of rotatable bonds is 6. The number of ether oxygens (including phenoxy) is 2. The Morgan fingerprint density at radius 2 is 1.76 bits per heavy atom. The quantitative estimate of drug-likeness (QED) is 0.640. The molecule has 1 amide bonds. The molecule has 1 atom stereocenters. The number of carbonyl (C=O) groups is 3. The van der Waals surface area contributed by atoms with Gasteiger partial charge in [0.25, 0.3) is 0 Å². The van der Waals surface area contributed by atoms with Gasteiger partial charge in [-0.25, -0.2) is 9.59 Å². The first kappa shape index (κ1) is 16.7. The number of hydrogen-bond acceptors (Lipinski definition) is 5. The van der Waals surface area contributed by atoms with E-state index in [2.05, 4.69) is 5.32 Å². The average molecular weight is 293 g/mol. The van der Waals surface area contributed by atoms with E-state index in [-0.39, 0.29) is 6.61 Å². The molecule has 0 heterocycles. The molecule has 1 N–H and O–H groups in total. The molecular formula is C15H19NO5. The van der Waals surface area contributed by atoms with Crippen LogP contribution in [0.1, 0.15) is 20.8 Å². The summed E-state index contributed by atoms with van der Waals surface area (Å²) in [7, 11) is 0. The van der Waals surface area contributed by atoms with Gasteiger partial charge in [-0.1, -0.05) is 32.0 Å². The van der Waals surface area contributed by atoms with Gasteiger partial charge >= 0.3 is 12.1 Å². The molecule has 0 radical (unpaired) electrons. The van der Waals surface area contributed by atoms with Gasteiger partial charge < -0.3 is 14.8 Å². The van der Waals surface area contributed by atoms with E-state index in [0.717, 1.165) is 0 Å². The Bertz CT molecular complexity index is 498. The van der Waals surface area contributed by atoms with Crippen LogP contribution in [-0.2, 0) is 14.3 Å².